The molecule has 0 amide bonds. The Hall–Kier alpha value is -2.06. The van der Waals surface area contributed by atoms with E-state index in [0.29, 0.717) is 11.0 Å². The van der Waals surface area contributed by atoms with Crippen LogP contribution in [0.25, 0.3) is 11.0 Å². The molecular weight excluding hydrogens is 332 g/mol. The summed E-state index contributed by atoms with van der Waals surface area (Å²) in [4.78, 5) is 10.6. The number of fused-ring (bicyclic) bond motifs is 1. The van der Waals surface area contributed by atoms with Crippen molar-refractivity contribution in [2.45, 2.75) is 58.7 Å². The van der Waals surface area contributed by atoms with Crippen molar-refractivity contribution in [3.05, 3.63) is 6.20 Å². The van der Waals surface area contributed by atoms with E-state index in [0.717, 1.165) is 25.2 Å². The Labute approximate surface area is 155 Å². The maximum absolute atomic E-state index is 10.2. The molecule has 0 unspecified atom stereocenters. The maximum atomic E-state index is 10.2. The van der Waals surface area contributed by atoms with Gasteiger partial charge in [0.15, 0.2) is 5.82 Å². The largest absolute Gasteiger partial charge is 0.480 e. The lowest BCUT2D eigenvalue weighted by atomic mass is 10.1. The molecule has 0 atom stereocenters. The minimum Gasteiger partial charge on any atom is -0.480 e. The summed E-state index contributed by atoms with van der Waals surface area (Å²) in [5, 5.41) is 23.7. The molecule has 0 fully saturated rings. The highest BCUT2D eigenvalue weighted by atomic mass is 16.3. The van der Waals surface area contributed by atoms with E-state index < -0.39 is 5.60 Å². The number of hydrogen-bond acceptors (Lipinski definition) is 7. The molecule has 8 nitrogen and oxygen atoms in total. The molecule has 146 valence electrons. The van der Waals surface area contributed by atoms with Gasteiger partial charge in [0.1, 0.15) is 5.52 Å². The number of nitrogens with zero attached hydrogens (tertiary/aromatic N) is 4. The summed E-state index contributed by atoms with van der Waals surface area (Å²) < 4.78 is 1.57. The molecule has 0 saturated carbocycles. The van der Waals surface area contributed by atoms with Crippen LogP contribution in [0.15, 0.2) is 6.20 Å². The molecule has 2 aromatic heterocycles. The number of aromatic nitrogens is 3. The third kappa shape index (κ3) is 4.76. The Morgan fingerprint density at radius 2 is 1.92 bits per heavy atom. The number of aromatic hydroxyl groups is 1. The number of aliphatic hydroxyl groups is 1. The van der Waals surface area contributed by atoms with Crippen molar-refractivity contribution >= 4 is 22.5 Å². The van der Waals surface area contributed by atoms with Crippen LogP contribution >= 0.6 is 0 Å². The molecule has 5 N–H and O–H groups in total. The van der Waals surface area contributed by atoms with Crippen LogP contribution in [0.3, 0.4) is 0 Å². The third-order valence-corrected chi connectivity index (χ3v) is 4.45. The van der Waals surface area contributed by atoms with Crippen molar-refractivity contribution in [1.82, 2.24) is 19.4 Å². The van der Waals surface area contributed by atoms with Crippen LogP contribution in [-0.4, -0.2) is 60.9 Å². The molecule has 2 heterocycles. The van der Waals surface area contributed by atoms with E-state index >= 15 is 0 Å². The van der Waals surface area contributed by atoms with Crippen LogP contribution in [0.2, 0.25) is 0 Å². The van der Waals surface area contributed by atoms with Crippen LogP contribution in [-0.2, 0) is 6.54 Å². The number of nitrogen functional groups attached to an aromatic ring is 1. The smallest absolute Gasteiger partial charge is 0.295 e. The summed E-state index contributed by atoms with van der Waals surface area (Å²) in [6.45, 7) is 11.8. The molecule has 0 aliphatic rings. The summed E-state index contributed by atoms with van der Waals surface area (Å²) in [6.07, 6.45) is 2.60. The quantitative estimate of drug-likeness (QED) is 0.556. The van der Waals surface area contributed by atoms with Gasteiger partial charge in [-0.15, -0.1) is 0 Å². The van der Waals surface area contributed by atoms with Gasteiger partial charge in [0.2, 0.25) is 0 Å². The zero-order valence-corrected chi connectivity index (χ0v) is 16.7. The van der Waals surface area contributed by atoms with E-state index in [1.807, 2.05) is 0 Å². The first-order valence-electron chi connectivity index (χ1n) is 8.91. The van der Waals surface area contributed by atoms with E-state index in [2.05, 4.69) is 48.0 Å². The number of nitrogens with one attached hydrogen (secondary N) is 1. The fourth-order valence-corrected chi connectivity index (χ4v) is 2.69. The first kappa shape index (κ1) is 20.3. The van der Waals surface area contributed by atoms with E-state index in [-0.39, 0.29) is 23.9 Å². The van der Waals surface area contributed by atoms with Gasteiger partial charge in [-0.3, -0.25) is 4.57 Å². The zero-order valence-electron chi connectivity index (χ0n) is 16.7. The second-order valence-corrected chi connectivity index (χ2v) is 8.44. The highest BCUT2D eigenvalue weighted by molar-refractivity contribution is 5.95. The normalized spacial score (nSPS) is 12.9. The lowest BCUT2D eigenvalue weighted by Crippen LogP contribution is -2.39. The number of rotatable bonds is 7. The number of pyridine rings is 1. The zero-order chi connectivity index (χ0) is 19.7. The van der Waals surface area contributed by atoms with Gasteiger partial charge in [0.25, 0.3) is 6.01 Å². The predicted octanol–water partition coefficient (Wildman–Crippen LogP) is 2.02. The van der Waals surface area contributed by atoms with Crippen LogP contribution in [0.4, 0.5) is 11.5 Å². The molecule has 0 radical (unpaired) electrons. The van der Waals surface area contributed by atoms with Crippen molar-refractivity contribution in [3.63, 3.8) is 0 Å². The van der Waals surface area contributed by atoms with E-state index in [4.69, 9.17) is 5.73 Å². The summed E-state index contributed by atoms with van der Waals surface area (Å²) in [7, 11) is 2.11. The lowest BCUT2D eigenvalue weighted by Gasteiger charge is -2.31. The van der Waals surface area contributed by atoms with Crippen molar-refractivity contribution in [3.8, 4) is 6.01 Å². The predicted molar refractivity (Wildman–Crippen MR) is 105 cm³/mol. The SMILES string of the molecule is CN(CCCNc1cnc(N)c2nc(O)n(CC(C)(C)O)c12)C(C)(C)C. The van der Waals surface area contributed by atoms with Gasteiger partial charge in [-0.25, -0.2) is 4.98 Å². The second-order valence-electron chi connectivity index (χ2n) is 8.44. The first-order valence-corrected chi connectivity index (χ1v) is 8.91. The molecule has 2 aromatic rings. The van der Waals surface area contributed by atoms with Crippen LogP contribution < -0.4 is 11.1 Å². The number of nitrogens with two attached hydrogens (primary N) is 1. The molecule has 0 saturated heterocycles. The Morgan fingerprint density at radius 1 is 1.27 bits per heavy atom. The van der Waals surface area contributed by atoms with Crippen molar-refractivity contribution in [1.29, 1.82) is 0 Å². The number of anilines is 2. The average molecular weight is 364 g/mol. The van der Waals surface area contributed by atoms with Crippen LogP contribution in [0.1, 0.15) is 41.0 Å². The molecular formula is C18H32N6O2. The minimum atomic E-state index is -1.00. The molecule has 0 bridgehead atoms. The fourth-order valence-electron chi connectivity index (χ4n) is 2.69. The summed E-state index contributed by atoms with van der Waals surface area (Å²) in [5.74, 6) is 0.253. The monoisotopic (exact) mass is 364 g/mol. The molecule has 26 heavy (non-hydrogen) atoms. The molecule has 0 aliphatic heterocycles. The molecule has 2 rings (SSSR count). The standard InChI is InChI=1S/C18H32N6O2/c1-17(2,3)23(6)9-7-8-20-12-10-21-15(19)13-14(12)24(16(25)22-13)11-18(4,5)26/h10,20,26H,7-9,11H2,1-6H3,(H2,19,21)(H,22,25). The van der Waals surface area contributed by atoms with Gasteiger partial charge >= 0.3 is 0 Å². The highest BCUT2D eigenvalue weighted by Gasteiger charge is 2.22. The van der Waals surface area contributed by atoms with E-state index in [1.165, 1.54) is 0 Å². The maximum Gasteiger partial charge on any atom is 0.295 e. The summed E-state index contributed by atoms with van der Waals surface area (Å²) in [6, 6.07) is -0.183. The fraction of sp³-hybridized carbons (Fsp3) is 0.667. The Bertz CT molecular complexity index is 758. The van der Waals surface area contributed by atoms with Gasteiger partial charge in [0, 0.05) is 18.6 Å². The van der Waals surface area contributed by atoms with Crippen molar-refractivity contribution in [2.75, 3.05) is 31.2 Å². The van der Waals surface area contributed by atoms with Gasteiger partial charge in [-0.05, 0) is 48.1 Å². The van der Waals surface area contributed by atoms with Gasteiger partial charge in [-0.1, -0.05) is 0 Å². The summed E-state index contributed by atoms with van der Waals surface area (Å²) in [5.41, 5.74) is 6.87. The van der Waals surface area contributed by atoms with Gasteiger partial charge in [0.05, 0.1) is 29.5 Å². The lowest BCUT2D eigenvalue weighted by molar-refractivity contribution is 0.0602. The first-order chi connectivity index (χ1) is 11.9. The third-order valence-electron chi connectivity index (χ3n) is 4.45. The number of imidazole rings is 1. The molecule has 0 aliphatic carbocycles. The van der Waals surface area contributed by atoms with Gasteiger partial charge in [-0.2, -0.15) is 4.98 Å². The topological polar surface area (TPSA) is 112 Å². The van der Waals surface area contributed by atoms with Crippen molar-refractivity contribution in [2.24, 2.45) is 0 Å². The van der Waals surface area contributed by atoms with E-state index in [1.54, 1.807) is 24.6 Å². The van der Waals surface area contributed by atoms with Gasteiger partial charge < -0.3 is 26.2 Å². The van der Waals surface area contributed by atoms with E-state index in [9.17, 15) is 10.2 Å². The molecule has 0 aromatic carbocycles. The second kappa shape index (κ2) is 7.28. The molecule has 8 heteroatoms. The highest BCUT2D eigenvalue weighted by Crippen LogP contribution is 2.31. The van der Waals surface area contributed by atoms with Crippen LogP contribution in [0.5, 0.6) is 6.01 Å². The Kier molecular flexibility index (Phi) is 5.67. The minimum absolute atomic E-state index is 0.132. The van der Waals surface area contributed by atoms with Crippen molar-refractivity contribution < 1.29 is 10.2 Å². The average Bonchev–Trinajstić information content (AvgIpc) is 2.81. The number of hydrogen-bond donors (Lipinski definition) is 4. The summed E-state index contributed by atoms with van der Waals surface area (Å²) >= 11 is 0. The Morgan fingerprint density at radius 3 is 2.50 bits per heavy atom. The Balaban J connectivity index is 2.21. The van der Waals surface area contributed by atoms with Crippen LogP contribution in [0, 0.1) is 0 Å². The molecule has 0 spiro atoms.